The molecule has 1 N–H and O–H groups in total. The predicted molar refractivity (Wildman–Crippen MR) is 69.9 cm³/mol. The van der Waals surface area contributed by atoms with Crippen molar-refractivity contribution < 1.29 is 9.53 Å². The van der Waals surface area contributed by atoms with Gasteiger partial charge in [0.05, 0.1) is 13.3 Å². The second-order valence-electron chi connectivity index (χ2n) is 5.18. The highest BCUT2D eigenvalue weighted by Crippen LogP contribution is 2.37. The summed E-state index contributed by atoms with van der Waals surface area (Å²) in [6, 6.07) is 1.78. The molecule has 0 spiro atoms. The number of hydrogen-bond donors (Lipinski definition) is 1. The normalized spacial score (nSPS) is 23.3. The molecule has 1 atom stereocenters. The van der Waals surface area contributed by atoms with Crippen molar-refractivity contribution in [2.24, 2.45) is 11.3 Å². The van der Waals surface area contributed by atoms with E-state index in [1.54, 1.807) is 25.6 Å². The molecule has 1 aliphatic rings. The van der Waals surface area contributed by atoms with E-state index in [1.165, 1.54) is 0 Å². The first-order chi connectivity index (χ1) is 8.60. The summed E-state index contributed by atoms with van der Waals surface area (Å²) in [7, 11) is 1.58. The van der Waals surface area contributed by atoms with Crippen molar-refractivity contribution in [2.45, 2.75) is 20.3 Å². The van der Waals surface area contributed by atoms with Crippen LogP contribution in [0.2, 0.25) is 0 Å². The summed E-state index contributed by atoms with van der Waals surface area (Å²) >= 11 is 0. The Morgan fingerprint density at radius 1 is 1.50 bits per heavy atom. The summed E-state index contributed by atoms with van der Waals surface area (Å²) in [5, 5.41) is 3.30. The van der Waals surface area contributed by atoms with E-state index in [0.717, 1.165) is 19.5 Å². The number of Topliss-reactive ketones (excluding diaryl/α,β-unsaturated/α-hetero) is 1. The van der Waals surface area contributed by atoms with E-state index in [1.807, 2.05) is 0 Å². The van der Waals surface area contributed by atoms with E-state index >= 15 is 0 Å². The molecule has 1 fully saturated rings. The highest BCUT2D eigenvalue weighted by molar-refractivity contribution is 6.01. The minimum atomic E-state index is -0.298. The molecule has 4 heteroatoms. The van der Waals surface area contributed by atoms with Crippen LogP contribution < -0.4 is 10.1 Å². The van der Waals surface area contributed by atoms with Gasteiger partial charge in [0.15, 0.2) is 5.78 Å². The van der Waals surface area contributed by atoms with Crippen LogP contribution in [0.15, 0.2) is 18.5 Å². The molecule has 0 bridgehead atoms. The lowest BCUT2D eigenvalue weighted by Gasteiger charge is -2.31. The number of ketones is 1. The Morgan fingerprint density at radius 3 is 2.83 bits per heavy atom. The Kier molecular flexibility index (Phi) is 3.66. The van der Waals surface area contributed by atoms with Gasteiger partial charge in [-0.15, -0.1) is 0 Å². The smallest absolute Gasteiger partial charge is 0.172 e. The number of methoxy groups -OCH3 is 1. The largest absolute Gasteiger partial charge is 0.495 e. The van der Waals surface area contributed by atoms with Gasteiger partial charge in [0.25, 0.3) is 0 Å². The van der Waals surface area contributed by atoms with E-state index in [9.17, 15) is 4.79 Å². The summed E-state index contributed by atoms with van der Waals surface area (Å²) in [4.78, 5) is 16.8. The van der Waals surface area contributed by atoms with Crippen LogP contribution in [0.3, 0.4) is 0 Å². The second kappa shape index (κ2) is 5.06. The SMILES string of the molecule is COc1cncc(C(=O)C2(C(C)C)CCNC2)c1. The van der Waals surface area contributed by atoms with Gasteiger partial charge < -0.3 is 10.1 Å². The van der Waals surface area contributed by atoms with Crippen LogP contribution >= 0.6 is 0 Å². The molecule has 2 heterocycles. The Bertz CT molecular complexity index is 437. The van der Waals surface area contributed by atoms with Gasteiger partial charge in [-0.3, -0.25) is 9.78 Å². The zero-order chi connectivity index (χ0) is 13.2. The summed E-state index contributed by atoms with van der Waals surface area (Å²) < 4.78 is 5.13. The molecule has 0 saturated carbocycles. The molecule has 4 nitrogen and oxygen atoms in total. The molecule has 1 aromatic rings. The summed E-state index contributed by atoms with van der Waals surface area (Å²) in [6.45, 7) is 5.87. The molecule has 0 aromatic carbocycles. The van der Waals surface area contributed by atoms with Crippen molar-refractivity contribution >= 4 is 5.78 Å². The highest BCUT2D eigenvalue weighted by Gasteiger charge is 2.44. The van der Waals surface area contributed by atoms with Crippen molar-refractivity contribution in [2.75, 3.05) is 20.2 Å². The number of aromatic nitrogens is 1. The van der Waals surface area contributed by atoms with E-state index in [2.05, 4.69) is 24.1 Å². The van der Waals surface area contributed by atoms with Gasteiger partial charge in [0, 0.05) is 23.7 Å². The van der Waals surface area contributed by atoms with Crippen LogP contribution in [0.4, 0.5) is 0 Å². The van der Waals surface area contributed by atoms with Gasteiger partial charge in [-0.2, -0.15) is 0 Å². The Labute approximate surface area is 108 Å². The fourth-order valence-corrected chi connectivity index (χ4v) is 2.60. The third-order valence-corrected chi connectivity index (χ3v) is 3.96. The molecule has 2 rings (SSSR count). The lowest BCUT2D eigenvalue weighted by molar-refractivity contribution is 0.0739. The number of rotatable bonds is 4. The van der Waals surface area contributed by atoms with Crippen LogP contribution in [0.5, 0.6) is 5.75 Å². The van der Waals surface area contributed by atoms with Gasteiger partial charge in [0.2, 0.25) is 0 Å². The van der Waals surface area contributed by atoms with Gasteiger partial charge in [-0.1, -0.05) is 13.8 Å². The molecule has 1 saturated heterocycles. The molecular formula is C14H20N2O2. The first-order valence-corrected chi connectivity index (χ1v) is 6.35. The number of nitrogens with one attached hydrogen (secondary N) is 1. The maximum atomic E-state index is 12.7. The van der Waals surface area contributed by atoms with Crippen molar-refractivity contribution in [3.05, 3.63) is 24.0 Å². The quantitative estimate of drug-likeness (QED) is 0.827. The van der Waals surface area contributed by atoms with Gasteiger partial charge in [-0.25, -0.2) is 0 Å². The topological polar surface area (TPSA) is 51.2 Å². The summed E-state index contributed by atoms with van der Waals surface area (Å²) in [5.74, 6) is 1.12. The maximum Gasteiger partial charge on any atom is 0.172 e. The van der Waals surface area contributed by atoms with Crippen LogP contribution in [0.25, 0.3) is 0 Å². The fraction of sp³-hybridized carbons (Fsp3) is 0.571. The molecule has 1 aliphatic heterocycles. The predicted octanol–water partition coefficient (Wildman–Crippen LogP) is 1.91. The number of carbonyl (C=O) groups is 1. The van der Waals surface area contributed by atoms with E-state index < -0.39 is 0 Å². The van der Waals surface area contributed by atoms with E-state index in [4.69, 9.17) is 4.74 Å². The minimum absolute atomic E-state index is 0.175. The number of ether oxygens (including phenoxy) is 1. The van der Waals surface area contributed by atoms with Crippen LogP contribution in [-0.4, -0.2) is 31.0 Å². The molecule has 1 unspecified atom stereocenters. The minimum Gasteiger partial charge on any atom is -0.495 e. The van der Waals surface area contributed by atoms with E-state index in [0.29, 0.717) is 17.2 Å². The van der Waals surface area contributed by atoms with Crippen molar-refractivity contribution in [3.8, 4) is 5.75 Å². The van der Waals surface area contributed by atoms with Crippen molar-refractivity contribution in [3.63, 3.8) is 0 Å². The standard InChI is InChI=1S/C14H20N2O2/c1-10(2)14(4-5-15-9-14)13(17)11-6-12(18-3)8-16-7-11/h6-8,10,15H,4-5,9H2,1-3H3. The Hall–Kier alpha value is -1.42. The Morgan fingerprint density at radius 2 is 2.28 bits per heavy atom. The monoisotopic (exact) mass is 248 g/mol. The number of hydrogen-bond acceptors (Lipinski definition) is 4. The molecule has 18 heavy (non-hydrogen) atoms. The molecule has 98 valence electrons. The van der Waals surface area contributed by atoms with Crippen molar-refractivity contribution in [1.82, 2.24) is 10.3 Å². The number of carbonyl (C=O) groups excluding carboxylic acids is 1. The first kappa shape index (κ1) is 13.0. The zero-order valence-corrected chi connectivity index (χ0v) is 11.2. The number of pyridine rings is 1. The summed E-state index contributed by atoms with van der Waals surface area (Å²) in [5.41, 5.74) is 0.348. The maximum absolute atomic E-state index is 12.7. The summed E-state index contributed by atoms with van der Waals surface area (Å²) in [6.07, 6.45) is 4.14. The van der Waals surface area contributed by atoms with Gasteiger partial charge >= 0.3 is 0 Å². The van der Waals surface area contributed by atoms with E-state index in [-0.39, 0.29) is 11.2 Å². The first-order valence-electron chi connectivity index (χ1n) is 6.35. The molecule has 1 aromatic heterocycles. The molecule has 0 amide bonds. The third-order valence-electron chi connectivity index (χ3n) is 3.96. The van der Waals surface area contributed by atoms with Gasteiger partial charge in [0.1, 0.15) is 5.75 Å². The van der Waals surface area contributed by atoms with Crippen LogP contribution in [0.1, 0.15) is 30.6 Å². The Balaban J connectivity index is 2.34. The van der Waals surface area contributed by atoms with Crippen molar-refractivity contribution in [1.29, 1.82) is 0 Å². The lowest BCUT2D eigenvalue weighted by atomic mass is 9.71. The molecule has 0 radical (unpaired) electrons. The second-order valence-corrected chi connectivity index (χ2v) is 5.18. The average Bonchev–Trinajstić information content (AvgIpc) is 2.88. The molecule has 0 aliphatic carbocycles. The van der Waals surface area contributed by atoms with Gasteiger partial charge in [-0.05, 0) is 24.9 Å². The zero-order valence-electron chi connectivity index (χ0n) is 11.2. The van der Waals surface area contributed by atoms with Crippen LogP contribution in [-0.2, 0) is 0 Å². The highest BCUT2D eigenvalue weighted by atomic mass is 16.5. The van der Waals surface area contributed by atoms with Crippen LogP contribution in [0, 0.1) is 11.3 Å². The third kappa shape index (κ3) is 2.12. The average molecular weight is 248 g/mol. The molecular weight excluding hydrogens is 228 g/mol. The fourth-order valence-electron chi connectivity index (χ4n) is 2.60. The lowest BCUT2D eigenvalue weighted by Crippen LogP contribution is -2.38. The number of nitrogens with zero attached hydrogens (tertiary/aromatic N) is 1.